The van der Waals surface area contributed by atoms with Crippen molar-refractivity contribution in [3.05, 3.63) is 36.6 Å². The number of allylic oxidation sites excluding steroid dienone is 1. The number of nitrogens with zero attached hydrogens (tertiary/aromatic N) is 1. The molecule has 0 saturated heterocycles. The zero-order valence-corrected chi connectivity index (χ0v) is 14.3. The lowest BCUT2D eigenvalue weighted by atomic mass is 9.84. The molecular weight excluding hydrogens is 424 g/mol. The summed E-state index contributed by atoms with van der Waals surface area (Å²) in [6.07, 6.45) is 0. The monoisotopic (exact) mass is 439 g/mol. The molecule has 0 aromatic heterocycles. The number of hydrogen-bond acceptors (Lipinski definition) is 1. The van der Waals surface area contributed by atoms with Gasteiger partial charge in [-0.05, 0) is 63.7 Å². The van der Waals surface area contributed by atoms with E-state index < -0.39 is 0 Å². The van der Waals surface area contributed by atoms with Gasteiger partial charge in [-0.1, -0.05) is 20.4 Å². The Morgan fingerprint density at radius 3 is 2.44 bits per heavy atom. The lowest BCUT2D eigenvalue weighted by molar-refractivity contribution is 0.639. The Kier molecular flexibility index (Phi) is 3.06. The van der Waals surface area contributed by atoms with E-state index in [1.807, 2.05) is 0 Å². The van der Waals surface area contributed by atoms with E-state index in [0.29, 0.717) is 0 Å². The van der Waals surface area contributed by atoms with E-state index >= 15 is 0 Å². The van der Waals surface area contributed by atoms with Gasteiger partial charge < -0.3 is 4.90 Å². The highest BCUT2D eigenvalue weighted by Crippen LogP contribution is 2.49. The average Bonchev–Trinajstić information content (AvgIpc) is 2.37. The van der Waals surface area contributed by atoms with Crippen LogP contribution >= 0.6 is 45.2 Å². The van der Waals surface area contributed by atoms with Crippen LogP contribution in [-0.2, 0) is 5.41 Å². The van der Waals surface area contributed by atoms with Crippen LogP contribution in [0.2, 0.25) is 0 Å². The summed E-state index contributed by atoms with van der Waals surface area (Å²) < 4.78 is 2.72. The average molecular weight is 439 g/mol. The molecule has 0 saturated carbocycles. The van der Waals surface area contributed by atoms with Gasteiger partial charge in [0.05, 0.1) is 0 Å². The maximum absolute atomic E-state index is 4.22. The summed E-state index contributed by atoms with van der Waals surface area (Å²) in [6, 6.07) is 2.27. The van der Waals surface area contributed by atoms with Crippen LogP contribution in [0.4, 0.5) is 5.69 Å². The van der Waals surface area contributed by atoms with E-state index in [0.717, 1.165) is 0 Å². The molecule has 0 bridgehead atoms. The second-order valence-corrected chi connectivity index (χ2v) is 7.06. The summed E-state index contributed by atoms with van der Waals surface area (Å²) in [5, 5.41) is 0. The standard InChI is InChI=1S/C13H15I2N/c1-7-9(14)6-10-11(12(7)15)13(3,4)8(2)16(10)5/h6H,2H2,1,3-5H3. The number of halogens is 2. The van der Waals surface area contributed by atoms with Crippen molar-refractivity contribution in [3.63, 3.8) is 0 Å². The van der Waals surface area contributed by atoms with Crippen molar-refractivity contribution < 1.29 is 0 Å². The topological polar surface area (TPSA) is 3.24 Å². The largest absolute Gasteiger partial charge is 0.348 e. The molecule has 1 heterocycles. The van der Waals surface area contributed by atoms with Gasteiger partial charge in [0.2, 0.25) is 0 Å². The van der Waals surface area contributed by atoms with Crippen LogP contribution in [0.3, 0.4) is 0 Å². The molecule has 0 radical (unpaired) electrons. The van der Waals surface area contributed by atoms with Crippen LogP contribution in [0.25, 0.3) is 0 Å². The highest BCUT2D eigenvalue weighted by atomic mass is 127. The summed E-state index contributed by atoms with van der Waals surface area (Å²) in [5.74, 6) is 0. The van der Waals surface area contributed by atoms with Crippen molar-refractivity contribution in [3.8, 4) is 0 Å². The first-order chi connectivity index (χ1) is 7.28. The van der Waals surface area contributed by atoms with Crippen molar-refractivity contribution in [2.24, 2.45) is 0 Å². The molecule has 1 aliphatic heterocycles. The van der Waals surface area contributed by atoms with Gasteiger partial charge in [0, 0.05) is 36.6 Å². The van der Waals surface area contributed by atoms with Gasteiger partial charge in [-0.25, -0.2) is 0 Å². The van der Waals surface area contributed by atoms with Crippen LogP contribution in [0, 0.1) is 14.1 Å². The van der Waals surface area contributed by atoms with E-state index in [-0.39, 0.29) is 5.41 Å². The fourth-order valence-corrected chi connectivity index (χ4v) is 4.60. The third-order valence-electron chi connectivity index (χ3n) is 3.54. The van der Waals surface area contributed by atoms with Gasteiger partial charge in [-0.3, -0.25) is 0 Å². The fourth-order valence-electron chi connectivity index (χ4n) is 2.27. The van der Waals surface area contributed by atoms with Crippen molar-refractivity contribution in [1.29, 1.82) is 0 Å². The van der Waals surface area contributed by atoms with Crippen molar-refractivity contribution in [2.75, 3.05) is 11.9 Å². The summed E-state index contributed by atoms with van der Waals surface area (Å²) in [4.78, 5) is 2.22. The van der Waals surface area contributed by atoms with Crippen molar-refractivity contribution in [2.45, 2.75) is 26.2 Å². The minimum absolute atomic E-state index is 0.0513. The first-order valence-corrected chi connectivity index (χ1v) is 7.36. The molecule has 0 spiro atoms. The zero-order valence-electron chi connectivity index (χ0n) is 9.99. The van der Waals surface area contributed by atoms with Gasteiger partial charge in [-0.2, -0.15) is 0 Å². The molecule has 0 fully saturated rings. The highest BCUT2D eigenvalue weighted by Gasteiger charge is 2.39. The highest BCUT2D eigenvalue weighted by molar-refractivity contribution is 14.1. The Balaban J connectivity index is 2.83. The SMILES string of the molecule is C=C1N(C)c2cc(I)c(C)c(I)c2C1(C)C. The van der Waals surface area contributed by atoms with E-state index in [1.54, 1.807) is 0 Å². The number of hydrogen-bond donors (Lipinski definition) is 0. The second kappa shape index (κ2) is 3.86. The van der Waals surface area contributed by atoms with Gasteiger partial charge in [-0.15, -0.1) is 0 Å². The molecule has 1 nitrogen and oxygen atoms in total. The number of rotatable bonds is 0. The molecule has 1 aromatic rings. The van der Waals surface area contributed by atoms with Gasteiger partial charge in [0.25, 0.3) is 0 Å². The molecular formula is C13H15I2N. The Labute approximate surface area is 125 Å². The van der Waals surface area contributed by atoms with Crippen molar-refractivity contribution in [1.82, 2.24) is 0 Å². The van der Waals surface area contributed by atoms with Gasteiger partial charge >= 0.3 is 0 Å². The van der Waals surface area contributed by atoms with E-state index in [9.17, 15) is 0 Å². The summed E-state index contributed by atoms with van der Waals surface area (Å²) in [5.41, 5.74) is 5.36. The van der Waals surface area contributed by atoms with Crippen LogP contribution in [0.1, 0.15) is 25.0 Å². The summed E-state index contributed by atoms with van der Waals surface area (Å²) in [7, 11) is 2.11. The maximum Gasteiger partial charge on any atom is 0.0469 e. The number of anilines is 1. The zero-order chi connectivity index (χ0) is 12.2. The van der Waals surface area contributed by atoms with Crippen molar-refractivity contribution >= 4 is 50.9 Å². The minimum Gasteiger partial charge on any atom is -0.348 e. The molecule has 0 aliphatic carbocycles. The van der Waals surface area contributed by atoms with E-state index in [4.69, 9.17) is 0 Å². The van der Waals surface area contributed by atoms with Crippen LogP contribution in [-0.4, -0.2) is 7.05 Å². The lowest BCUT2D eigenvalue weighted by Crippen LogP contribution is -2.22. The molecule has 86 valence electrons. The van der Waals surface area contributed by atoms with Gasteiger partial charge in [0.15, 0.2) is 0 Å². The quantitative estimate of drug-likeness (QED) is 0.541. The Hall–Kier alpha value is 0.220. The normalized spacial score (nSPS) is 17.9. The lowest BCUT2D eigenvalue weighted by Gasteiger charge is -2.23. The Morgan fingerprint density at radius 2 is 1.88 bits per heavy atom. The molecule has 0 N–H and O–H groups in total. The van der Waals surface area contributed by atoms with Crippen LogP contribution in [0.15, 0.2) is 18.3 Å². The number of benzene rings is 1. The predicted molar refractivity (Wildman–Crippen MR) is 87.2 cm³/mol. The maximum atomic E-state index is 4.22. The molecule has 3 heteroatoms. The van der Waals surface area contributed by atoms with Crippen LogP contribution in [0.5, 0.6) is 0 Å². The molecule has 0 amide bonds. The molecule has 0 atom stereocenters. The smallest absolute Gasteiger partial charge is 0.0469 e. The number of likely N-dealkylation sites (N-methyl/N-ethyl adjacent to an activating group) is 1. The first-order valence-electron chi connectivity index (χ1n) is 5.20. The molecule has 2 rings (SSSR count). The molecule has 16 heavy (non-hydrogen) atoms. The minimum atomic E-state index is 0.0513. The third-order valence-corrected chi connectivity index (χ3v) is 6.01. The predicted octanol–water partition coefficient (Wildman–Crippen LogP) is 4.45. The molecule has 1 aromatic carbocycles. The third kappa shape index (κ3) is 1.54. The second-order valence-electron chi connectivity index (χ2n) is 4.82. The number of fused-ring (bicyclic) bond motifs is 1. The fraction of sp³-hybridized carbons (Fsp3) is 0.385. The Bertz CT molecular complexity index is 489. The molecule has 1 aliphatic rings. The van der Waals surface area contributed by atoms with E-state index in [1.165, 1.54) is 29.7 Å². The molecule has 0 unspecified atom stereocenters. The van der Waals surface area contributed by atoms with Crippen LogP contribution < -0.4 is 4.90 Å². The summed E-state index contributed by atoms with van der Waals surface area (Å²) >= 11 is 4.88. The Morgan fingerprint density at radius 1 is 1.31 bits per heavy atom. The first kappa shape index (κ1) is 12.7. The van der Waals surface area contributed by atoms with E-state index in [2.05, 4.69) is 90.5 Å². The van der Waals surface area contributed by atoms with Gasteiger partial charge in [0.1, 0.15) is 0 Å². The summed E-state index contributed by atoms with van der Waals surface area (Å²) in [6.45, 7) is 10.9.